The Kier molecular flexibility index (Phi) is 3.57. The van der Waals surface area contributed by atoms with E-state index in [1.54, 1.807) is 6.92 Å². The Morgan fingerprint density at radius 1 is 1.75 bits per heavy atom. The summed E-state index contributed by atoms with van der Waals surface area (Å²) >= 11 is 0. The smallest absolute Gasteiger partial charge is 0.316 e. The molecule has 8 heavy (non-hydrogen) atoms. The lowest BCUT2D eigenvalue weighted by Gasteiger charge is -1.84. The topological polar surface area (TPSA) is 57.2 Å². The first kappa shape index (κ1) is 7.73. The summed E-state index contributed by atoms with van der Waals surface area (Å²) in [6.07, 6.45) is 0.00907. The Bertz CT molecular complexity index is 110. The summed E-state index contributed by atoms with van der Waals surface area (Å²) in [5.41, 5.74) is 0. The highest BCUT2D eigenvalue weighted by Crippen LogP contribution is 2.06. The minimum absolute atomic E-state index is 0.221. The van der Waals surface area contributed by atoms with Crippen molar-refractivity contribution in [3.05, 3.63) is 0 Å². The van der Waals surface area contributed by atoms with E-state index in [4.69, 9.17) is 0 Å². The largest absolute Gasteiger partial charge is 0.595 e. The summed E-state index contributed by atoms with van der Waals surface area (Å²) in [5.74, 6) is -0.221. The maximum absolute atomic E-state index is 10.2. The molecule has 3 nitrogen and oxygen atoms in total. The third-order valence-corrected chi connectivity index (χ3v) is 1.31. The minimum Gasteiger partial charge on any atom is -0.595 e. The molecule has 0 aromatic carbocycles. The van der Waals surface area contributed by atoms with Gasteiger partial charge in [0.05, 0.1) is 0 Å². The van der Waals surface area contributed by atoms with Gasteiger partial charge in [-0.1, -0.05) is 11.5 Å². The van der Waals surface area contributed by atoms with E-state index in [1.807, 2.05) is 0 Å². The molecule has 0 aliphatic rings. The van der Waals surface area contributed by atoms with Crippen molar-refractivity contribution in [2.24, 2.45) is 0 Å². The number of hydrogen-bond donors (Lipinski definition) is 0. The van der Waals surface area contributed by atoms with Crippen molar-refractivity contribution in [2.75, 3.05) is 6.16 Å². The van der Waals surface area contributed by atoms with Gasteiger partial charge in [0.15, 0.2) is 5.78 Å². The lowest BCUT2D eigenvalue weighted by molar-refractivity contribution is -0.164. The third-order valence-electron chi connectivity index (χ3n) is 0.700. The van der Waals surface area contributed by atoms with Crippen molar-refractivity contribution >= 4 is 13.8 Å². The van der Waals surface area contributed by atoms with Crippen LogP contribution in [-0.4, -0.2) is 11.9 Å². The molecule has 0 aliphatic heterocycles. The summed E-state index contributed by atoms with van der Waals surface area (Å²) in [5, 5.41) is 0. The van der Waals surface area contributed by atoms with Crippen LogP contribution in [0.2, 0.25) is 0 Å². The second kappa shape index (κ2) is 3.70. The fourth-order valence-electron chi connectivity index (χ4n) is 0.256. The van der Waals surface area contributed by atoms with E-state index in [0.717, 1.165) is 0 Å². The fraction of sp³-hybridized carbons (Fsp3) is 0.750. The first-order chi connectivity index (χ1) is 3.66. The summed E-state index contributed by atoms with van der Waals surface area (Å²) in [4.78, 5) is 20.0. The summed E-state index contributed by atoms with van der Waals surface area (Å²) < 4.78 is 9.78. The lowest BCUT2D eigenvalue weighted by atomic mass is 10.4. The Hall–Kier alpha value is -0.270. The summed E-state index contributed by atoms with van der Waals surface area (Å²) in [6, 6.07) is 0. The van der Waals surface area contributed by atoms with E-state index in [1.165, 1.54) is 0 Å². The molecule has 0 rings (SSSR count). The van der Waals surface area contributed by atoms with Gasteiger partial charge in [-0.3, -0.25) is 4.79 Å². The molecule has 0 saturated heterocycles. The van der Waals surface area contributed by atoms with E-state index in [9.17, 15) is 14.3 Å². The number of Topliss-reactive ketones (excluding diaryl/α,β-unsaturated/α-hetero) is 1. The van der Waals surface area contributed by atoms with Gasteiger partial charge in [-0.05, 0) is 0 Å². The Morgan fingerprint density at radius 2 is 2.25 bits per heavy atom. The molecule has 0 spiro atoms. The van der Waals surface area contributed by atoms with Crippen LogP contribution in [0.5, 0.6) is 0 Å². The number of carbonyl (C=O) groups is 1. The minimum atomic E-state index is -2.50. The van der Waals surface area contributed by atoms with Crippen molar-refractivity contribution in [1.82, 2.24) is 0 Å². The van der Waals surface area contributed by atoms with Crippen LogP contribution >= 0.6 is 8.03 Å². The molecule has 0 aromatic rings. The molecule has 0 aromatic heterocycles. The van der Waals surface area contributed by atoms with Crippen LogP contribution in [-0.2, 0) is 9.36 Å². The van der Waals surface area contributed by atoms with Gasteiger partial charge in [0.1, 0.15) is 0 Å². The molecule has 0 radical (unpaired) electrons. The zero-order valence-corrected chi connectivity index (χ0v) is 5.48. The standard InChI is InChI=1S/C4H7O3P/c1-2-4(5)3-8(6)7/h2-3H2,1H3. The second-order valence-corrected chi connectivity index (χ2v) is 2.36. The quantitative estimate of drug-likeness (QED) is 0.513. The molecule has 1 unspecified atom stereocenters. The Balaban J connectivity index is 3.40. The molecule has 0 aliphatic carbocycles. The van der Waals surface area contributed by atoms with Gasteiger partial charge in [0.2, 0.25) is 6.16 Å². The van der Waals surface area contributed by atoms with Crippen molar-refractivity contribution in [1.29, 1.82) is 0 Å². The monoisotopic (exact) mass is 134 g/mol. The Morgan fingerprint density at radius 3 is 2.38 bits per heavy atom. The molecule has 0 N–H and O–H groups in total. The predicted molar refractivity (Wildman–Crippen MR) is 27.8 cm³/mol. The molecule has 0 saturated carbocycles. The predicted octanol–water partition coefficient (Wildman–Crippen LogP) is 0.0682. The molecule has 0 amide bonds. The molecule has 0 fully saturated rings. The van der Waals surface area contributed by atoms with Crippen LogP contribution < -0.4 is 4.89 Å². The number of hydrogen-bond acceptors (Lipinski definition) is 3. The van der Waals surface area contributed by atoms with Crippen LogP contribution in [0.3, 0.4) is 0 Å². The fourth-order valence-corrected chi connectivity index (χ4v) is 0.767. The van der Waals surface area contributed by atoms with E-state index in [0.29, 0.717) is 6.42 Å². The van der Waals surface area contributed by atoms with Crippen molar-refractivity contribution in [3.8, 4) is 0 Å². The van der Waals surface area contributed by atoms with Crippen LogP contribution in [0.15, 0.2) is 0 Å². The van der Waals surface area contributed by atoms with E-state index < -0.39 is 8.03 Å². The average molecular weight is 134 g/mol. The maximum atomic E-state index is 10.2. The van der Waals surface area contributed by atoms with E-state index in [2.05, 4.69) is 0 Å². The first-order valence-electron chi connectivity index (χ1n) is 2.30. The van der Waals surface area contributed by atoms with E-state index >= 15 is 0 Å². The highest BCUT2D eigenvalue weighted by atomic mass is 31.1. The molecular formula is C4H7O3P. The Labute approximate surface area is 48.6 Å². The van der Waals surface area contributed by atoms with Crippen LogP contribution in [0.1, 0.15) is 13.3 Å². The van der Waals surface area contributed by atoms with Crippen molar-refractivity contribution < 1.29 is 14.3 Å². The average Bonchev–Trinajstić information content (AvgIpc) is 1.65. The number of rotatable bonds is 3. The number of ketones is 1. The number of carbonyl (C=O) groups excluding carboxylic acids is 1. The summed E-state index contributed by atoms with van der Waals surface area (Å²) in [7, 11) is -2.50. The van der Waals surface area contributed by atoms with Crippen LogP contribution in [0.25, 0.3) is 0 Å². The van der Waals surface area contributed by atoms with Gasteiger partial charge < -0.3 is 4.89 Å². The van der Waals surface area contributed by atoms with E-state index in [-0.39, 0.29) is 11.9 Å². The SMILES string of the molecule is CCC(=O)C[P+](=O)[O-]. The van der Waals surface area contributed by atoms with Gasteiger partial charge in [0.25, 0.3) is 0 Å². The third kappa shape index (κ3) is 3.90. The molecule has 1 atom stereocenters. The molecule has 0 heterocycles. The van der Waals surface area contributed by atoms with Gasteiger partial charge in [-0.25, -0.2) is 0 Å². The van der Waals surface area contributed by atoms with Crippen LogP contribution in [0, 0.1) is 0 Å². The van der Waals surface area contributed by atoms with Gasteiger partial charge >= 0.3 is 8.03 Å². The molecule has 0 bridgehead atoms. The lowest BCUT2D eigenvalue weighted by Crippen LogP contribution is -2.02. The van der Waals surface area contributed by atoms with Gasteiger partial charge in [-0.2, -0.15) is 0 Å². The molecule has 46 valence electrons. The van der Waals surface area contributed by atoms with Gasteiger partial charge in [-0.15, -0.1) is 0 Å². The molecular weight excluding hydrogens is 127 g/mol. The highest BCUT2D eigenvalue weighted by molar-refractivity contribution is 7.37. The summed E-state index contributed by atoms with van der Waals surface area (Å²) in [6.45, 7) is 1.64. The van der Waals surface area contributed by atoms with Crippen molar-refractivity contribution in [3.63, 3.8) is 0 Å². The first-order valence-corrected chi connectivity index (χ1v) is 3.66. The maximum Gasteiger partial charge on any atom is 0.316 e. The zero-order chi connectivity index (χ0) is 6.57. The highest BCUT2D eigenvalue weighted by Gasteiger charge is 2.06. The zero-order valence-electron chi connectivity index (χ0n) is 4.59. The van der Waals surface area contributed by atoms with Crippen LogP contribution in [0.4, 0.5) is 0 Å². The normalized spacial score (nSPS) is 11.0. The van der Waals surface area contributed by atoms with Crippen molar-refractivity contribution in [2.45, 2.75) is 13.3 Å². The molecule has 4 heteroatoms. The van der Waals surface area contributed by atoms with Gasteiger partial charge in [0, 0.05) is 6.42 Å². The second-order valence-electron chi connectivity index (χ2n) is 1.38.